The van der Waals surface area contributed by atoms with Crippen molar-refractivity contribution < 1.29 is 9.59 Å². The summed E-state index contributed by atoms with van der Waals surface area (Å²) in [7, 11) is 0. The van der Waals surface area contributed by atoms with Crippen LogP contribution in [-0.4, -0.2) is 17.6 Å². The Kier molecular flexibility index (Phi) is 4.02. The number of carbonyl (C=O) groups is 2. The predicted octanol–water partition coefficient (Wildman–Crippen LogP) is 3.54. The average molecular weight is 338 g/mol. The number of fused-ring (bicyclic) bond motifs is 2. The van der Waals surface area contributed by atoms with Crippen molar-refractivity contribution in [2.45, 2.75) is 30.2 Å². The van der Waals surface area contributed by atoms with E-state index >= 15 is 0 Å². The highest BCUT2D eigenvalue weighted by molar-refractivity contribution is 8.00. The standard InChI is InChI=1S/C19H18N2O2S/c22-18-11-24-17-9-8-13(10-16(17)20-18)19(23)21-15-7-3-5-12-4-1-2-6-14(12)15/h1-2,4,6,8-10,15H,3,5,7,11H2,(H,20,22)(H,21,23)/t15-/m0/s1. The molecular weight excluding hydrogens is 320 g/mol. The van der Waals surface area contributed by atoms with Gasteiger partial charge in [0, 0.05) is 10.5 Å². The van der Waals surface area contributed by atoms with Crippen LogP contribution in [0.4, 0.5) is 5.69 Å². The molecule has 2 N–H and O–H groups in total. The molecule has 122 valence electrons. The first-order valence-corrected chi connectivity index (χ1v) is 9.14. The zero-order valence-corrected chi connectivity index (χ0v) is 14.0. The number of anilines is 1. The molecule has 1 atom stereocenters. The molecule has 0 saturated carbocycles. The SMILES string of the molecule is O=C1CSc2ccc(C(=O)N[C@H]3CCCc4ccccc43)cc2N1. The van der Waals surface area contributed by atoms with Crippen molar-refractivity contribution in [1.82, 2.24) is 5.32 Å². The molecule has 24 heavy (non-hydrogen) atoms. The highest BCUT2D eigenvalue weighted by Crippen LogP contribution is 2.33. The van der Waals surface area contributed by atoms with Crippen molar-refractivity contribution in [2.75, 3.05) is 11.1 Å². The summed E-state index contributed by atoms with van der Waals surface area (Å²) in [4.78, 5) is 25.2. The van der Waals surface area contributed by atoms with Gasteiger partial charge in [-0.3, -0.25) is 9.59 Å². The van der Waals surface area contributed by atoms with Gasteiger partial charge in [-0.25, -0.2) is 0 Å². The molecule has 0 unspecified atom stereocenters. The number of thioether (sulfide) groups is 1. The fourth-order valence-corrected chi connectivity index (χ4v) is 4.16. The molecule has 0 fully saturated rings. The Hall–Kier alpha value is -2.27. The van der Waals surface area contributed by atoms with E-state index < -0.39 is 0 Å². The van der Waals surface area contributed by atoms with E-state index in [9.17, 15) is 9.59 Å². The number of nitrogens with one attached hydrogen (secondary N) is 2. The van der Waals surface area contributed by atoms with Gasteiger partial charge in [-0.1, -0.05) is 24.3 Å². The lowest BCUT2D eigenvalue weighted by Crippen LogP contribution is -2.31. The third-order valence-electron chi connectivity index (χ3n) is 4.55. The molecular formula is C19H18N2O2S. The number of hydrogen-bond acceptors (Lipinski definition) is 3. The highest BCUT2D eigenvalue weighted by atomic mass is 32.2. The average Bonchev–Trinajstić information content (AvgIpc) is 2.61. The molecule has 2 aromatic carbocycles. The predicted molar refractivity (Wildman–Crippen MR) is 95.4 cm³/mol. The Morgan fingerprint density at radius 2 is 2.08 bits per heavy atom. The van der Waals surface area contributed by atoms with Crippen LogP contribution in [-0.2, 0) is 11.2 Å². The summed E-state index contributed by atoms with van der Waals surface area (Å²) in [6.45, 7) is 0. The summed E-state index contributed by atoms with van der Waals surface area (Å²) < 4.78 is 0. The Morgan fingerprint density at radius 1 is 1.21 bits per heavy atom. The second kappa shape index (κ2) is 6.32. The second-order valence-electron chi connectivity index (χ2n) is 6.16. The first kappa shape index (κ1) is 15.3. The summed E-state index contributed by atoms with van der Waals surface area (Å²) in [6.07, 6.45) is 3.11. The van der Waals surface area contributed by atoms with Crippen molar-refractivity contribution in [1.29, 1.82) is 0 Å². The topological polar surface area (TPSA) is 58.2 Å². The van der Waals surface area contributed by atoms with E-state index in [4.69, 9.17) is 0 Å². The second-order valence-corrected chi connectivity index (χ2v) is 7.18. The first-order chi connectivity index (χ1) is 11.7. The van der Waals surface area contributed by atoms with Gasteiger partial charge in [0.25, 0.3) is 5.91 Å². The highest BCUT2D eigenvalue weighted by Gasteiger charge is 2.23. The zero-order valence-electron chi connectivity index (χ0n) is 13.2. The maximum atomic E-state index is 12.7. The van der Waals surface area contributed by atoms with Crippen molar-refractivity contribution >= 4 is 29.3 Å². The lowest BCUT2D eigenvalue weighted by Gasteiger charge is -2.26. The molecule has 0 bridgehead atoms. The van der Waals surface area contributed by atoms with Gasteiger partial charge in [0.05, 0.1) is 17.5 Å². The first-order valence-electron chi connectivity index (χ1n) is 8.16. The minimum Gasteiger partial charge on any atom is -0.345 e. The molecule has 0 radical (unpaired) electrons. The molecule has 0 aromatic heterocycles. The Labute approximate surface area is 145 Å². The third kappa shape index (κ3) is 2.91. The number of aryl methyl sites for hydroxylation is 1. The van der Waals surface area contributed by atoms with Crippen molar-refractivity contribution in [3.05, 3.63) is 59.2 Å². The normalized spacial score (nSPS) is 19.0. The zero-order chi connectivity index (χ0) is 16.5. The number of rotatable bonds is 2. The number of carbonyl (C=O) groups excluding carboxylic acids is 2. The van der Waals surface area contributed by atoms with Crippen molar-refractivity contribution in [3.63, 3.8) is 0 Å². The molecule has 2 aromatic rings. The molecule has 0 saturated heterocycles. The van der Waals surface area contributed by atoms with Crippen molar-refractivity contribution in [3.8, 4) is 0 Å². The van der Waals surface area contributed by atoms with E-state index in [0.717, 1.165) is 29.8 Å². The number of benzene rings is 2. The van der Waals surface area contributed by atoms with Gasteiger partial charge < -0.3 is 10.6 Å². The Morgan fingerprint density at radius 3 is 3.00 bits per heavy atom. The Bertz CT molecular complexity index is 819. The maximum absolute atomic E-state index is 12.7. The summed E-state index contributed by atoms with van der Waals surface area (Å²) >= 11 is 1.50. The molecule has 5 heteroatoms. The lowest BCUT2D eigenvalue weighted by atomic mass is 9.87. The molecule has 2 aliphatic rings. The van der Waals surface area contributed by atoms with Gasteiger partial charge in [0.1, 0.15) is 0 Å². The van der Waals surface area contributed by atoms with Gasteiger partial charge in [-0.05, 0) is 48.6 Å². The van der Waals surface area contributed by atoms with Crippen LogP contribution in [0.15, 0.2) is 47.4 Å². The van der Waals surface area contributed by atoms with E-state index in [1.54, 1.807) is 6.07 Å². The minimum absolute atomic E-state index is 0.0220. The smallest absolute Gasteiger partial charge is 0.251 e. The summed E-state index contributed by atoms with van der Waals surface area (Å²) in [5.41, 5.74) is 3.86. The van der Waals surface area contributed by atoms with Gasteiger partial charge in [-0.2, -0.15) is 0 Å². The van der Waals surface area contributed by atoms with Gasteiger partial charge >= 0.3 is 0 Å². The van der Waals surface area contributed by atoms with Crippen LogP contribution in [0.3, 0.4) is 0 Å². The summed E-state index contributed by atoms with van der Waals surface area (Å²) in [6, 6.07) is 13.9. The largest absolute Gasteiger partial charge is 0.345 e. The van der Waals surface area contributed by atoms with Crippen LogP contribution in [0.2, 0.25) is 0 Å². The molecule has 4 rings (SSSR count). The molecule has 1 aliphatic carbocycles. The van der Waals surface area contributed by atoms with E-state index in [2.05, 4.69) is 22.8 Å². The monoisotopic (exact) mass is 338 g/mol. The van der Waals surface area contributed by atoms with Crippen LogP contribution < -0.4 is 10.6 Å². The van der Waals surface area contributed by atoms with E-state index in [1.165, 1.54) is 22.9 Å². The van der Waals surface area contributed by atoms with Crippen LogP contribution in [0.25, 0.3) is 0 Å². The number of hydrogen-bond donors (Lipinski definition) is 2. The molecule has 0 spiro atoms. The molecule has 1 heterocycles. The minimum atomic E-state index is -0.0932. The molecule has 2 amide bonds. The third-order valence-corrected chi connectivity index (χ3v) is 5.62. The summed E-state index contributed by atoms with van der Waals surface area (Å²) in [5, 5.41) is 5.99. The lowest BCUT2D eigenvalue weighted by molar-refractivity contribution is -0.113. The van der Waals surface area contributed by atoms with E-state index in [0.29, 0.717) is 11.3 Å². The molecule has 1 aliphatic heterocycles. The van der Waals surface area contributed by atoms with Crippen LogP contribution >= 0.6 is 11.8 Å². The van der Waals surface area contributed by atoms with E-state index in [-0.39, 0.29) is 17.9 Å². The van der Waals surface area contributed by atoms with Crippen LogP contribution in [0.1, 0.15) is 40.4 Å². The maximum Gasteiger partial charge on any atom is 0.251 e. The quantitative estimate of drug-likeness (QED) is 0.880. The number of amides is 2. The fraction of sp³-hybridized carbons (Fsp3) is 0.263. The van der Waals surface area contributed by atoms with Gasteiger partial charge in [-0.15, -0.1) is 11.8 Å². The van der Waals surface area contributed by atoms with Crippen molar-refractivity contribution in [2.24, 2.45) is 0 Å². The van der Waals surface area contributed by atoms with Gasteiger partial charge in [0.2, 0.25) is 5.91 Å². The van der Waals surface area contributed by atoms with Crippen LogP contribution in [0, 0.1) is 0 Å². The van der Waals surface area contributed by atoms with E-state index in [1.807, 2.05) is 24.3 Å². The van der Waals surface area contributed by atoms with Crippen LogP contribution in [0.5, 0.6) is 0 Å². The Balaban J connectivity index is 1.55. The molecule has 4 nitrogen and oxygen atoms in total. The summed E-state index contributed by atoms with van der Waals surface area (Å²) in [5.74, 6) is 0.313. The fourth-order valence-electron chi connectivity index (χ4n) is 3.37. The van der Waals surface area contributed by atoms with Gasteiger partial charge in [0.15, 0.2) is 0 Å².